The molecule has 2 heterocycles. The Bertz CT molecular complexity index is 886. The molecule has 0 amide bonds. The van der Waals surface area contributed by atoms with E-state index in [-0.39, 0.29) is 16.9 Å². The van der Waals surface area contributed by atoms with Crippen LogP contribution in [0.3, 0.4) is 0 Å². The van der Waals surface area contributed by atoms with Gasteiger partial charge in [0.05, 0.1) is 11.9 Å². The van der Waals surface area contributed by atoms with Crippen LogP contribution in [0.2, 0.25) is 0 Å². The smallest absolute Gasteiger partial charge is 0.227 e. The van der Waals surface area contributed by atoms with Crippen molar-refractivity contribution in [1.29, 1.82) is 5.26 Å². The standard InChI is InChI=1S/C15H9F3N4/c1-9-2-4-10(5-3-9)12-6-13(15(16,17)18)22-14(21-12)11(7-19)8-20-22/h2-6,8H,1H3. The van der Waals surface area contributed by atoms with E-state index in [1.807, 2.05) is 6.92 Å². The third-order valence-corrected chi connectivity index (χ3v) is 3.23. The first-order valence-electron chi connectivity index (χ1n) is 6.33. The number of hydrogen-bond acceptors (Lipinski definition) is 3. The molecule has 3 aromatic rings. The maximum Gasteiger partial charge on any atom is 0.433 e. The maximum atomic E-state index is 13.2. The Kier molecular flexibility index (Phi) is 3.10. The van der Waals surface area contributed by atoms with Crippen LogP contribution in [-0.2, 0) is 6.18 Å². The molecule has 0 N–H and O–H groups in total. The topological polar surface area (TPSA) is 54.0 Å². The van der Waals surface area contributed by atoms with Crippen molar-refractivity contribution < 1.29 is 13.2 Å². The van der Waals surface area contributed by atoms with Crippen molar-refractivity contribution in [2.24, 2.45) is 0 Å². The highest BCUT2D eigenvalue weighted by atomic mass is 19.4. The van der Waals surface area contributed by atoms with Gasteiger partial charge in [-0.2, -0.15) is 23.5 Å². The van der Waals surface area contributed by atoms with E-state index in [9.17, 15) is 13.2 Å². The van der Waals surface area contributed by atoms with Gasteiger partial charge in [-0.05, 0) is 13.0 Å². The Balaban J connectivity index is 2.32. The van der Waals surface area contributed by atoms with Crippen LogP contribution in [0, 0.1) is 18.3 Å². The fraction of sp³-hybridized carbons (Fsp3) is 0.133. The van der Waals surface area contributed by atoms with Gasteiger partial charge in [-0.3, -0.25) is 0 Å². The lowest BCUT2D eigenvalue weighted by molar-refractivity contribution is -0.142. The molecule has 0 saturated carbocycles. The number of alkyl halides is 3. The van der Waals surface area contributed by atoms with Crippen LogP contribution < -0.4 is 0 Å². The molecule has 4 nitrogen and oxygen atoms in total. The summed E-state index contributed by atoms with van der Waals surface area (Å²) in [4.78, 5) is 4.16. The summed E-state index contributed by atoms with van der Waals surface area (Å²) in [6.07, 6.45) is -3.52. The quantitative estimate of drug-likeness (QED) is 0.690. The van der Waals surface area contributed by atoms with Crippen LogP contribution in [0.1, 0.15) is 16.8 Å². The first-order chi connectivity index (χ1) is 10.4. The van der Waals surface area contributed by atoms with E-state index >= 15 is 0 Å². The van der Waals surface area contributed by atoms with Crippen molar-refractivity contribution in [1.82, 2.24) is 14.6 Å². The van der Waals surface area contributed by atoms with E-state index in [4.69, 9.17) is 5.26 Å². The highest BCUT2D eigenvalue weighted by Crippen LogP contribution is 2.32. The summed E-state index contributed by atoms with van der Waals surface area (Å²) in [5.41, 5.74) is 0.616. The van der Waals surface area contributed by atoms with Crippen molar-refractivity contribution in [3.05, 3.63) is 53.3 Å². The Hall–Kier alpha value is -2.88. The zero-order chi connectivity index (χ0) is 15.9. The second kappa shape index (κ2) is 4.84. The molecule has 0 bridgehead atoms. The second-order valence-electron chi connectivity index (χ2n) is 4.80. The van der Waals surface area contributed by atoms with Crippen molar-refractivity contribution in [3.63, 3.8) is 0 Å². The van der Waals surface area contributed by atoms with E-state index < -0.39 is 11.9 Å². The third-order valence-electron chi connectivity index (χ3n) is 3.23. The van der Waals surface area contributed by atoms with Gasteiger partial charge >= 0.3 is 6.18 Å². The predicted octanol–water partition coefficient (Wildman–Crippen LogP) is 3.60. The average Bonchev–Trinajstić information content (AvgIpc) is 2.88. The molecule has 0 aliphatic heterocycles. The van der Waals surface area contributed by atoms with Gasteiger partial charge in [-0.25, -0.2) is 9.50 Å². The van der Waals surface area contributed by atoms with E-state index in [0.717, 1.165) is 17.8 Å². The van der Waals surface area contributed by atoms with Gasteiger partial charge in [-0.1, -0.05) is 29.8 Å². The average molecular weight is 302 g/mol. The molecule has 0 aliphatic rings. The molecule has 0 unspecified atom stereocenters. The minimum absolute atomic E-state index is 0.000498. The van der Waals surface area contributed by atoms with Crippen molar-refractivity contribution >= 4 is 5.65 Å². The molecule has 1 aromatic carbocycles. The van der Waals surface area contributed by atoms with Crippen LogP contribution in [0.25, 0.3) is 16.9 Å². The molecule has 3 rings (SSSR count). The Morgan fingerprint density at radius 2 is 1.86 bits per heavy atom. The molecule has 0 spiro atoms. The van der Waals surface area contributed by atoms with E-state index in [2.05, 4.69) is 10.1 Å². The molecule has 22 heavy (non-hydrogen) atoms. The minimum Gasteiger partial charge on any atom is -0.227 e. The molecule has 0 aliphatic carbocycles. The summed E-state index contributed by atoms with van der Waals surface area (Å²) >= 11 is 0. The van der Waals surface area contributed by atoms with Gasteiger partial charge in [0.15, 0.2) is 11.3 Å². The van der Waals surface area contributed by atoms with E-state index in [1.165, 1.54) is 0 Å². The van der Waals surface area contributed by atoms with Gasteiger partial charge < -0.3 is 0 Å². The van der Waals surface area contributed by atoms with Gasteiger partial charge in [0.2, 0.25) is 0 Å². The molecular formula is C15H9F3N4. The van der Waals surface area contributed by atoms with Crippen LogP contribution in [0.5, 0.6) is 0 Å². The summed E-state index contributed by atoms with van der Waals surface area (Å²) < 4.78 is 40.3. The normalized spacial score (nSPS) is 11.6. The molecule has 0 atom stereocenters. The van der Waals surface area contributed by atoms with Crippen molar-refractivity contribution in [2.75, 3.05) is 0 Å². The van der Waals surface area contributed by atoms with E-state index in [0.29, 0.717) is 10.1 Å². The fourth-order valence-electron chi connectivity index (χ4n) is 2.12. The second-order valence-corrected chi connectivity index (χ2v) is 4.80. The molecular weight excluding hydrogens is 293 g/mol. The fourth-order valence-corrected chi connectivity index (χ4v) is 2.12. The third kappa shape index (κ3) is 2.29. The number of nitriles is 1. The lowest BCUT2D eigenvalue weighted by Gasteiger charge is -2.11. The maximum absolute atomic E-state index is 13.2. The lowest BCUT2D eigenvalue weighted by Crippen LogP contribution is -2.13. The number of halogens is 3. The molecule has 0 radical (unpaired) electrons. The van der Waals surface area contributed by atoms with Crippen molar-refractivity contribution in [2.45, 2.75) is 13.1 Å². The van der Waals surface area contributed by atoms with Crippen LogP contribution in [-0.4, -0.2) is 14.6 Å². The van der Waals surface area contributed by atoms with Crippen LogP contribution >= 0.6 is 0 Å². The number of aromatic nitrogens is 3. The largest absolute Gasteiger partial charge is 0.433 e. The molecule has 7 heteroatoms. The van der Waals surface area contributed by atoms with Crippen LogP contribution in [0.4, 0.5) is 13.2 Å². The zero-order valence-corrected chi connectivity index (χ0v) is 11.4. The Morgan fingerprint density at radius 3 is 2.45 bits per heavy atom. The van der Waals surface area contributed by atoms with Gasteiger partial charge in [-0.15, -0.1) is 0 Å². The number of aryl methyl sites for hydroxylation is 1. The first-order valence-corrected chi connectivity index (χ1v) is 6.33. The summed E-state index contributed by atoms with van der Waals surface area (Å²) in [7, 11) is 0. The number of hydrogen-bond donors (Lipinski definition) is 0. The van der Waals surface area contributed by atoms with Gasteiger partial charge in [0, 0.05) is 5.56 Å². The predicted molar refractivity (Wildman–Crippen MR) is 72.9 cm³/mol. The summed E-state index contributed by atoms with van der Waals surface area (Å²) in [6, 6.07) is 9.70. The van der Waals surface area contributed by atoms with Gasteiger partial charge in [0.25, 0.3) is 0 Å². The number of benzene rings is 1. The number of nitrogens with zero attached hydrogens (tertiary/aromatic N) is 4. The zero-order valence-electron chi connectivity index (χ0n) is 11.4. The number of fused-ring (bicyclic) bond motifs is 1. The number of rotatable bonds is 1. The SMILES string of the molecule is Cc1ccc(-c2cc(C(F)(F)F)n3ncc(C#N)c3n2)cc1. The Morgan fingerprint density at radius 1 is 1.18 bits per heavy atom. The first kappa shape index (κ1) is 14.1. The highest BCUT2D eigenvalue weighted by Gasteiger charge is 2.35. The Labute approximate surface area is 123 Å². The molecule has 2 aromatic heterocycles. The molecule has 0 fully saturated rings. The molecule has 110 valence electrons. The minimum atomic E-state index is -4.60. The lowest BCUT2D eigenvalue weighted by atomic mass is 10.1. The van der Waals surface area contributed by atoms with Crippen molar-refractivity contribution in [3.8, 4) is 17.3 Å². The summed E-state index contributed by atoms with van der Waals surface area (Å²) in [5.74, 6) is 0. The highest BCUT2D eigenvalue weighted by molar-refractivity contribution is 5.65. The monoisotopic (exact) mass is 302 g/mol. The van der Waals surface area contributed by atoms with Gasteiger partial charge in [0.1, 0.15) is 11.6 Å². The van der Waals surface area contributed by atoms with Crippen LogP contribution in [0.15, 0.2) is 36.5 Å². The summed E-state index contributed by atoms with van der Waals surface area (Å²) in [5, 5.41) is 12.6. The van der Waals surface area contributed by atoms with E-state index in [1.54, 1.807) is 30.3 Å². The summed E-state index contributed by atoms with van der Waals surface area (Å²) in [6.45, 7) is 1.88. The molecule has 0 saturated heterocycles.